The van der Waals surface area contributed by atoms with Gasteiger partial charge in [0.25, 0.3) is 0 Å². The minimum absolute atomic E-state index is 0.721. The van der Waals surface area contributed by atoms with Crippen molar-refractivity contribution >= 4 is 44.4 Å². The van der Waals surface area contributed by atoms with Crippen molar-refractivity contribution in [2.45, 2.75) is 0 Å². The molecule has 0 bridgehead atoms. The van der Waals surface area contributed by atoms with Gasteiger partial charge in [-0.05, 0) is 24.3 Å². The van der Waals surface area contributed by atoms with Crippen molar-refractivity contribution in [3.63, 3.8) is 0 Å². The Kier molecular flexibility index (Phi) is 1.90. The van der Waals surface area contributed by atoms with E-state index in [1.165, 1.54) is 0 Å². The van der Waals surface area contributed by atoms with Crippen LogP contribution in [0.2, 0.25) is 0 Å². The lowest BCUT2D eigenvalue weighted by molar-refractivity contribution is 1.32. The van der Waals surface area contributed by atoms with Gasteiger partial charge in [-0.15, -0.1) is 0 Å². The van der Waals surface area contributed by atoms with Crippen LogP contribution in [0.1, 0.15) is 0 Å². The van der Waals surface area contributed by atoms with E-state index in [1.807, 2.05) is 48.5 Å². The van der Waals surface area contributed by atoms with Gasteiger partial charge >= 0.3 is 0 Å². The van der Waals surface area contributed by atoms with E-state index >= 15 is 0 Å². The summed E-state index contributed by atoms with van der Waals surface area (Å²) in [5.41, 5.74) is 6.42. The Balaban J connectivity index is 2.01. The van der Waals surface area contributed by atoms with Crippen molar-refractivity contribution in [3.8, 4) is 0 Å². The summed E-state index contributed by atoms with van der Waals surface area (Å²) in [6.07, 6.45) is 0. The lowest BCUT2D eigenvalue weighted by Gasteiger charge is -1.97. The molecule has 0 amide bonds. The van der Waals surface area contributed by atoms with Gasteiger partial charge in [0.15, 0.2) is 11.3 Å². The SMILES string of the molecule is c1ccc2nc3c(nc2c1)[nH]c1nc2ccccc2nc13. The Hall–Kier alpha value is -3.08. The number of rotatable bonds is 0. The third-order valence-corrected chi connectivity index (χ3v) is 3.60. The van der Waals surface area contributed by atoms with Gasteiger partial charge < -0.3 is 4.98 Å². The molecule has 0 aliphatic carbocycles. The third-order valence-electron chi connectivity index (χ3n) is 3.60. The third kappa shape index (κ3) is 1.45. The zero-order chi connectivity index (χ0) is 13.8. The highest BCUT2D eigenvalue weighted by atomic mass is 15.0. The molecule has 0 saturated heterocycles. The molecule has 0 fully saturated rings. The summed E-state index contributed by atoms with van der Waals surface area (Å²) in [6.45, 7) is 0. The van der Waals surface area contributed by atoms with E-state index in [4.69, 9.17) is 0 Å². The van der Waals surface area contributed by atoms with Gasteiger partial charge in [-0.2, -0.15) is 0 Å². The quantitative estimate of drug-likeness (QED) is 0.469. The summed E-state index contributed by atoms with van der Waals surface area (Å²) >= 11 is 0. The van der Waals surface area contributed by atoms with Crippen LogP contribution in [0.25, 0.3) is 44.4 Å². The molecule has 0 aliphatic heterocycles. The number of aromatic nitrogens is 5. The summed E-state index contributed by atoms with van der Waals surface area (Å²) in [5.74, 6) is 0. The largest absolute Gasteiger partial charge is 0.321 e. The molecule has 0 saturated carbocycles. The zero-order valence-electron chi connectivity index (χ0n) is 10.9. The zero-order valence-corrected chi connectivity index (χ0v) is 10.9. The normalized spacial score (nSPS) is 11.8. The highest BCUT2D eigenvalue weighted by molar-refractivity contribution is 6.04. The maximum Gasteiger partial charge on any atom is 0.160 e. The van der Waals surface area contributed by atoms with Gasteiger partial charge in [0.05, 0.1) is 22.1 Å². The molecule has 5 heteroatoms. The molecule has 2 aromatic carbocycles. The molecule has 0 radical (unpaired) electrons. The maximum atomic E-state index is 4.68. The van der Waals surface area contributed by atoms with Crippen molar-refractivity contribution in [3.05, 3.63) is 48.5 Å². The first-order valence-corrected chi connectivity index (χ1v) is 6.69. The Morgan fingerprint density at radius 1 is 0.524 bits per heavy atom. The number of H-pyrrole nitrogens is 1. The van der Waals surface area contributed by atoms with Gasteiger partial charge in [-0.25, -0.2) is 19.9 Å². The minimum atomic E-state index is 0.721. The van der Waals surface area contributed by atoms with E-state index in [-0.39, 0.29) is 0 Å². The molecule has 0 spiro atoms. The van der Waals surface area contributed by atoms with Crippen molar-refractivity contribution in [2.75, 3.05) is 0 Å². The van der Waals surface area contributed by atoms with Crippen LogP contribution >= 0.6 is 0 Å². The average molecular weight is 271 g/mol. The molecule has 5 aromatic rings. The predicted molar refractivity (Wildman–Crippen MR) is 82.0 cm³/mol. The van der Waals surface area contributed by atoms with E-state index < -0.39 is 0 Å². The Morgan fingerprint density at radius 2 is 0.905 bits per heavy atom. The number of nitrogens with zero attached hydrogens (tertiary/aromatic N) is 4. The fraction of sp³-hybridized carbons (Fsp3) is 0. The van der Waals surface area contributed by atoms with Gasteiger partial charge in [-0.1, -0.05) is 24.3 Å². The number of hydrogen-bond acceptors (Lipinski definition) is 4. The molecule has 0 aliphatic rings. The second-order valence-electron chi connectivity index (χ2n) is 4.94. The van der Waals surface area contributed by atoms with Crippen LogP contribution in [0, 0.1) is 0 Å². The van der Waals surface area contributed by atoms with E-state index in [9.17, 15) is 0 Å². The second-order valence-corrected chi connectivity index (χ2v) is 4.94. The summed E-state index contributed by atoms with van der Waals surface area (Å²) in [7, 11) is 0. The molecule has 3 heterocycles. The maximum absolute atomic E-state index is 4.68. The predicted octanol–water partition coefficient (Wildman–Crippen LogP) is 3.21. The van der Waals surface area contributed by atoms with Crippen LogP contribution < -0.4 is 0 Å². The van der Waals surface area contributed by atoms with Gasteiger partial charge in [0.2, 0.25) is 0 Å². The minimum Gasteiger partial charge on any atom is -0.321 e. The van der Waals surface area contributed by atoms with E-state index in [0.717, 1.165) is 44.4 Å². The van der Waals surface area contributed by atoms with Crippen LogP contribution in [0.5, 0.6) is 0 Å². The lowest BCUT2D eigenvalue weighted by atomic mass is 10.3. The second kappa shape index (κ2) is 3.73. The first-order chi connectivity index (χ1) is 10.4. The topological polar surface area (TPSA) is 67.3 Å². The van der Waals surface area contributed by atoms with Gasteiger partial charge in [0, 0.05) is 0 Å². The molecule has 0 atom stereocenters. The Labute approximate surface area is 118 Å². The molecule has 0 unspecified atom stereocenters. The van der Waals surface area contributed by atoms with Crippen LogP contribution in [0.15, 0.2) is 48.5 Å². The van der Waals surface area contributed by atoms with Crippen molar-refractivity contribution in [1.82, 2.24) is 24.9 Å². The fourth-order valence-corrected chi connectivity index (χ4v) is 2.62. The standard InChI is InChI=1S/C16H9N5/c1-3-7-11-9(5-1)17-13-14-16(21-15(13)19-11)20-12-8-4-2-6-10(12)18-14/h1-8H,(H,19,20,21). The summed E-state index contributed by atoms with van der Waals surface area (Å²) in [4.78, 5) is 21.8. The number of benzene rings is 2. The number of aromatic amines is 1. The number of para-hydroxylation sites is 4. The van der Waals surface area contributed by atoms with Crippen LogP contribution in [0.3, 0.4) is 0 Å². The van der Waals surface area contributed by atoms with Gasteiger partial charge in [0.1, 0.15) is 11.0 Å². The highest BCUT2D eigenvalue weighted by Gasteiger charge is 2.12. The number of fused-ring (bicyclic) bond motifs is 5. The van der Waals surface area contributed by atoms with Crippen molar-refractivity contribution < 1.29 is 0 Å². The fourth-order valence-electron chi connectivity index (χ4n) is 2.62. The van der Waals surface area contributed by atoms with E-state index in [0.29, 0.717) is 0 Å². The molecule has 98 valence electrons. The Morgan fingerprint density at radius 3 is 1.33 bits per heavy atom. The molecule has 1 N–H and O–H groups in total. The molecule has 21 heavy (non-hydrogen) atoms. The van der Waals surface area contributed by atoms with Gasteiger partial charge in [-0.3, -0.25) is 0 Å². The first-order valence-electron chi connectivity index (χ1n) is 6.69. The summed E-state index contributed by atoms with van der Waals surface area (Å²) in [5, 5.41) is 0. The van der Waals surface area contributed by atoms with Crippen LogP contribution in [-0.4, -0.2) is 24.9 Å². The average Bonchev–Trinajstić information content (AvgIpc) is 2.87. The summed E-state index contributed by atoms with van der Waals surface area (Å²) < 4.78 is 0. The van der Waals surface area contributed by atoms with Crippen molar-refractivity contribution in [2.24, 2.45) is 0 Å². The first kappa shape index (κ1) is 10.7. The summed E-state index contributed by atoms with van der Waals surface area (Å²) in [6, 6.07) is 15.6. The smallest absolute Gasteiger partial charge is 0.160 e. The highest BCUT2D eigenvalue weighted by Crippen LogP contribution is 2.24. The lowest BCUT2D eigenvalue weighted by Crippen LogP contribution is -1.86. The molecule has 3 aromatic heterocycles. The Bertz CT molecular complexity index is 1050. The van der Waals surface area contributed by atoms with Crippen LogP contribution in [0.4, 0.5) is 0 Å². The van der Waals surface area contributed by atoms with Crippen molar-refractivity contribution in [1.29, 1.82) is 0 Å². The number of nitrogens with one attached hydrogen (secondary N) is 1. The van der Waals surface area contributed by atoms with E-state index in [2.05, 4.69) is 24.9 Å². The molecule has 5 nitrogen and oxygen atoms in total. The monoisotopic (exact) mass is 271 g/mol. The molecular formula is C16H9N5. The van der Waals surface area contributed by atoms with Crippen LogP contribution in [-0.2, 0) is 0 Å². The molecular weight excluding hydrogens is 262 g/mol. The molecule has 5 rings (SSSR count). The number of hydrogen-bond donors (Lipinski definition) is 1. The van der Waals surface area contributed by atoms with E-state index in [1.54, 1.807) is 0 Å².